The molecule has 2 fully saturated rings. The topological polar surface area (TPSA) is 74.7 Å². The summed E-state index contributed by atoms with van der Waals surface area (Å²) in [5.41, 5.74) is 0.986. The van der Waals surface area contributed by atoms with Gasteiger partial charge >= 0.3 is 5.97 Å². The SMILES string of the molecule is O=C(O)C1CCCC1S(=O)(=O)N(Cc1ccsc1)C1CC1. The molecule has 0 aromatic carbocycles. The molecule has 0 bridgehead atoms. The Morgan fingerprint density at radius 3 is 2.67 bits per heavy atom. The van der Waals surface area contributed by atoms with Crippen LogP contribution in [0.3, 0.4) is 0 Å². The molecule has 2 saturated carbocycles. The molecule has 116 valence electrons. The summed E-state index contributed by atoms with van der Waals surface area (Å²) in [5.74, 6) is -1.73. The fourth-order valence-corrected chi connectivity index (χ4v) is 6.19. The summed E-state index contributed by atoms with van der Waals surface area (Å²) in [4.78, 5) is 11.3. The van der Waals surface area contributed by atoms with Crippen molar-refractivity contribution in [3.05, 3.63) is 22.4 Å². The predicted molar refractivity (Wildman–Crippen MR) is 80.6 cm³/mol. The van der Waals surface area contributed by atoms with Gasteiger partial charge in [-0.2, -0.15) is 15.6 Å². The lowest BCUT2D eigenvalue weighted by Crippen LogP contribution is -2.43. The predicted octanol–water partition coefficient (Wildman–Crippen LogP) is 2.30. The summed E-state index contributed by atoms with van der Waals surface area (Å²) in [5, 5.41) is 12.4. The van der Waals surface area contributed by atoms with E-state index in [4.69, 9.17) is 0 Å². The number of carboxylic acids is 1. The van der Waals surface area contributed by atoms with E-state index in [0.717, 1.165) is 18.4 Å². The lowest BCUT2D eigenvalue weighted by molar-refractivity contribution is -0.141. The van der Waals surface area contributed by atoms with E-state index in [1.165, 1.54) is 0 Å². The largest absolute Gasteiger partial charge is 0.481 e. The van der Waals surface area contributed by atoms with Gasteiger partial charge < -0.3 is 5.11 Å². The zero-order chi connectivity index (χ0) is 15.0. The number of rotatable bonds is 6. The maximum atomic E-state index is 12.9. The Hall–Kier alpha value is -0.920. The minimum Gasteiger partial charge on any atom is -0.481 e. The first-order valence-electron chi connectivity index (χ1n) is 7.24. The molecular formula is C14H19NO4S2. The fourth-order valence-electron chi connectivity index (χ4n) is 3.09. The van der Waals surface area contributed by atoms with E-state index < -0.39 is 27.2 Å². The first-order valence-corrected chi connectivity index (χ1v) is 9.69. The molecule has 2 unspecified atom stereocenters. The Labute approximate surface area is 128 Å². The van der Waals surface area contributed by atoms with Crippen molar-refractivity contribution in [2.45, 2.75) is 49.9 Å². The van der Waals surface area contributed by atoms with E-state index in [-0.39, 0.29) is 6.04 Å². The highest BCUT2D eigenvalue weighted by atomic mass is 32.2. The lowest BCUT2D eigenvalue weighted by atomic mass is 10.1. The molecule has 1 aromatic heterocycles. The van der Waals surface area contributed by atoms with Gasteiger partial charge in [-0.3, -0.25) is 4.79 Å². The third kappa shape index (κ3) is 3.00. The molecule has 1 aromatic rings. The van der Waals surface area contributed by atoms with E-state index >= 15 is 0 Å². The lowest BCUT2D eigenvalue weighted by Gasteiger charge is -2.27. The number of hydrogen-bond donors (Lipinski definition) is 1. The maximum absolute atomic E-state index is 12.9. The second kappa shape index (κ2) is 5.70. The van der Waals surface area contributed by atoms with E-state index in [9.17, 15) is 18.3 Å². The van der Waals surface area contributed by atoms with Gasteiger partial charge in [0.25, 0.3) is 0 Å². The molecule has 2 aliphatic carbocycles. The zero-order valence-corrected chi connectivity index (χ0v) is 13.3. The van der Waals surface area contributed by atoms with Crippen LogP contribution >= 0.6 is 11.3 Å². The number of thiophene rings is 1. The normalized spacial score (nSPS) is 26.3. The average molecular weight is 329 g/mol. The first-order chi connectivity index (χ1) is 10.00. The highest BCUT2D eigenvalue weighted by Crippen LogP contribution is 2.38. The van der Waals surface area contributed by atoms with Gasteiger partial charge in [0, 0.05) is 12.6 Å². The third-order valence-electron chi connectivity index (χ3n) is 4.35. The van der Waals surface area contributed by atoms with Crippen LogP contribution < -0.4 is 0 Å². The molecule has 0 spiro atoms. The van der Waals surface area contributed by atoms with Gasteiger partial charge in [0.2, 0.25) is 10.0 Å². The first kappa shape index (κ1) is 15.0. The standard InChI is InChI=1S/C14H19NO4S2/c16-14(17)12-2-1-3-13(12)21(18,19)15(11-4-5-11)8-10-6-7-20-9-10/h6-7,9,11-13H,1-5,8H2,(H,16,17). The van der Waals surface area contributed by atoms with Crippen molar-refractivity contribution >= 4 is 27.3 Å². The third-order valence-corrected chi connectivity index (χ3v) is 7.49. The summed E-state index contributed by atoms with van der Waals surface area (Å²) in [6.07, 6.45) is 3.38. The molecule has 0 amide bonds. The van der Waals surface area contributed by atoms with Crippen LogP contribution in [0.5, 0.6) is 0 Å². The van der Waals surface area contributed by atoms with Crippen LogP contribution in [0, 0.1) is 5.92 Å². The van der Waals surface area contributed by atoms with Crippen molar-refractivity contribution in [3.8, 4) is 0 Å². The minimum atomic E-state index is -3.55. The zero-order valence-electron chi connectivity index (χ0n) is 11.6. The molecular weight excluding hydrogens is 310 g/mol. The molecule has 0 radical (unpaired) electrons. The molecule has 5 nitrogen and oxygen atoms in total. The van der Waals surface area contributed by atoms with Crippen LogP contribution in [0.1, 0.15) is 37.7 Å². The fraction of sp³-hybridized carbons (Fsp3) is 0.643. The Kier molecular flexibility index (Phi) is 4.07. The number of sulfonamides is 1. The second-order valence-corrected chi connectivity index (χ2v) is 8.75. The highest BCUT2D eigenvalue weighted by molar-refractivity contribution is 7.89. The molecule has 1 N–H and O–H groups in total. The van der Waals surface area contributed by atoms with Gasteiger partial charge in [-0.1, -0.05) is 6.42 Å². The summed E-state index contributed by atoms with van der Waals surface area (Å²) in [7, 11) is -3.55. The molecule has 7 heteroatoms. The molecule has 21 heavy (non-hydrogen) atoms. The van der Waals surface area contributed by atoms with Crippen molar-refractivity contribution in [1.82, 2.24) is 4.31 Å². The Balaban J connectivity index is 1.85. The molecule has 1 heterocycles. The second-order valence-electron chi connectivity index (χ2n) is 5.87. The van der Waals surface area contributed by atoms with E-state index in [1.807, 2.05) is 16.8 Å². The van der Waals surface area contributed by atoms with Crippen molar-refractivity contribution < 1.29 is 18.3 Å². The molecule has 3 rings (SSSR count). The number of carbonyl (C=O) groups is 1. The van der Waals surface area contributed by atoms with Crippen LogP contribution in [-0.4, -0.2) is 35.1 Å². The van der Waals surface area contributed by atoms with Crippen molar-refractivity contribution in [3.63, 3.8) is 0 Å². The van der Waals surface area contributed by atoms with E-state index in [0.29, 0.717) is 25.8 Å². The molecule has 0 aliphatic heterocycles. The average Bonchev–Trinajstić information content (AvgIpc) is 2.95. The number of hydrogen-bond acceptors (Lipinski definition) is 4. The monoisotopic (exact) mass is 329 g/mol. The quantitative estimate of drug-likeness (QED) is 0.869. The Morgan fingerprint density at radius 2 is 2.10 bits per heavy atom. The van der Waals surface area contributed by atoms with Crippen LogP contribution in [0.15, 0.2) is 16.8 Å². The molecule has 0 saturated heterocycles. The smallest absolute Gasteiger partial charge is 0.307 e. The van der Waals surface area contributed by atoms with Crippen molar-refractivity contribution in [2.24, 2.45) is 5.92 Å². The van der Waals surface area contributed by atoms with E-state index in [2.05, 4.69) is 0 Å². The summed E-state index contributed by atoms with van der Waals surface area (Å²) < 4.78 is 27.4. The Morgan fingerprint density at radius 1 is 1.33 bits per heavy atom. The van der Waals surface area contributed by atoms with Crippen LogP contribution in [0.2, 0.25) is 0 Å². The summed E-state index contributed by atoms with van der Waals surface area (Å²) >= 11 is 1.55. The number of carboxylic acid groups (broad SMARTS) is 1. The van der Waals surface area contributed by atoms with Gasteiger partial charge in [0.15, 0.2) is 0 Å². The minimum absolute atomic E-state index is 0.0601. The van der Waals surface area contributed by atoms with Gasteiger partial charge in [-0.05, 0) is 48.1 Å². The summed E-state index contributed by atoms with van der Waals surface area (Å²) in [6, 6.07) is 1.99. The van der Waals surface area contributed by atoms with Crippen LogP contribution in [0.4, 0.5) is 0 Å². The van der Waals surface area contributed by atoms with Gasteiger partial charge in [0.05, 0.1) is 11.2 Å². The van der Waals surface area contributed by atoms with E-state index in [1.54, 1.807) is 15.6 Å². The van der Waals surface area contributed by atoms with Gasteiger partial charge in [0.1, 0.15) is 0 Å². The number of aliphatic carboxylic acids is 1. The Bertz CT molecular complexity index is 607. The maximum Gasteiger partial charge on any atom is 0.307 e. The van der Waals surface area contributed by atoms with Crippen LogP contribution in [-0.2, 0) is 21.4 Å². The number of nitrogens with zero attached hydrogens (tertiary/aromatic N) is 1. The summed E-state index contributed by atoms with van der Waals surface area (Å²) in [6.45, 7) is 0.374. The van der Waals surface area contributed by atoms with Gasteiger partial charge in [-0.25, -0.2) is 8.42 Å². The van der Waals surface area contributed by atoms with Crippen molar-refractivity contribution in [2.75, 3.05) is 0 Å². The van der Waals surface area contributed by atoms with Crippen LogP contribution in [0.25, 0.3) is 0 Å². The highest BCUT2D eigenvalue weighted by Gasteiger charge is 2.47. The molecule has 2 atom stereocenters. The molecule has 2 aliphatic rings. The van der Waals surface area contributed by atoms with Crippen molar-refractivity contribution in [1.29, 1.82) is 0 Å². The van der Waals surface area contributed by atoms with Gasteiger partial charge in [-0.15, -0.1) is 0 Å².